The van der Waals surface area contributed by atoms with E-state index in [9.17, 15) is 0 Å². The van der Waals surface area contributed by atoms with Crippen LogP contribution in [0.2, 0.25) is 0 Å². The van der Waals surface area contributed by atoms with Gasteiger partial charge in [-0.05, 0) is 18.6 Å². The van der Waals surface area contributed by atoms with E-state index in [0.29, 0.717) is 18.5 Å². The number of nitrogens with zero attached hydrogens (tertiary/aromatic N) is 2. The van der Waals surface area contributed by atoms with Crippen LogP contribution in [0.25, 0.3) is 0 Å². The quantitative estimate of drug-likeness (QED) is 0.899. The minimum Gasteiger partial charge on any atom is -0.338 e. The molecule has 1 fully saturated rings. The second-order valence-electron chi connectivity index (χ2n) is 6.17. The summed E-state index contributed by atoms with van der Waals surface area (Å²) < 4.78 is 5.32. The van der Waals surface area contributed by atoms with Crippen molar-refractivity contribution < 1.29 is 4.52 Å². The van der Waals surface area contributed by atoms with Crippen LogP contribution in [0.4, 0.5) is 0 Å². The Labute approximate surface area is 120 Å². The average molecular weight is 283 g/mol. The van der Waals surface area contributed by atoms with Gasteiger partial charge in [-0.2, -0.15) is 16.7 Å². The molecule has 1 aromatic heterocycles. The van der Waals surface area contributed by atoms with Gasteiger partial charge in [-0.1, -0.05) is 39.3 Å². The van der Waals surface area contributed by atoms with Crippen molar-refractivity contribution in [1.29, 1.82) is 0 Å². The molecule has 5 heteroatoms. The topological polar surface area (TPSA) is 51.0 Å². The van der Waals surface area contributed by atoms with E-state index < -0.39 is 0 Å². The maximum absolute atomic E-state index is 5.32. The highest BCUT2D eigenvalue weighted by Crippen LogP contribution is 2.30. The second kappa shape index (κ2) is 6.27. The molecule has 0 amide bonds. The van der Waals surface area contributed by atoms with Crippen LogP contribution in [0, 0.1) is 0 Å². The van der Waals surface area contributed by atoms with Gasteiger partial charge in [0.1, 0.15) is 0 Å². The molecule has 1 heterocycles. The van der Waals surface area contributed by atoms with E-state index in [4.69, 9.17) is 4.52 Å². The third kappa shape index (κ3) is 3.96. The monoisotopic (exact) mass is 283 g/mol. The Kier molecular flexibility index (Phi) is 4.90. The number of hydrogen-bond donors (Lipinski definition) is 1. The molecule has 0 aromatic carbocycles. The molecule has 1 aliphatic rings. The zero-order valence-corrected chi connectivity index (χ0v) is 13.2. The van der Waals surface area contributed by atoms with E-state index in [2.05, 4.69) is 54.9 Å². The van der Waals surface area contributed by atoms with Crippen molar-refractivity contribution in [2.45, 2.75) is 70.2 Å². The minimum atomic E-state index is -0.0459. The Morgan fingerprint density at radius 1 is 1.37 bits per heavy atom. The Balaban J connectivity index is 1.87. The van der Waals surface area contributed by atoms with Crippen LogP contribution in [0.1, 0.15) is 58.7 Å². The Morgan fingerprint density at radius 3 is 2.79 bits per heavy atom. The molecule has 1 N–H and O–H groups in total. The Bertz CT molecular complexity index is 400. The third-order valence-electron chi connectivity index (χ3n) is 3.49. The van der Waals surface area contributed by atoms with Gasteiger partial charge in [0.15, 0.2) is 5.82 Å². The Morgan fingerprint density at radius 2 is 2.16 bits per heavy atom. The number of hydrogen-bond acceptors (Lipinski definition) is 5. The predicted molar refractivity (Wildman–Crippen MR) is 79.4 cm³/mol. The van der Waals surface area contributed by atoms with E-state index in [0.717, 1.165) is 11.1 Å². The summed E-state index contributed by atoms with van der Waals surface area (Å²) in [6.45, 7) is 9.21. The third-order valence-corrected chi connectivity index (χ3v) is 4.81. The van der Waals surface area contributed by atoms with Crippen LogP contribution < -0.4 is 5.32 Å². The minimum absolute atomic E-state index is 0.0459. The molecule has 0 spiro atoms. The van der Waals surface area contributed by atoms with Crippen LogP contribution in [0.3, 0.4) is 0 Å². The second-order valence-corrected chi connectivity index (χ2v) is 7.69. The van der Waals surface area contributed by atoms with Gasteiger partial charge in [-0.3, -0.25) is 0 Å². The van der Waals surface area contributed by atoms with E-state index in [1.54, 1.807) is 0 Å². The van der Waals surface area contributed by atoms with Gasteiger partial charge in [-0.25, -0.2) is 0 Å². The smallest absolute Gasteiger partial charge is 0.240 e. The standard InChI is InChI=1S/C14H25N3OS/c1-5-19-11-8-6-7-10(11)15-9-12-16-13(17-18-12)14(2,3)4/h10-11,15H,5-9H2,1-4H3/t10-,11-/m1/s1. The molecule has 0 aliphatic heterocycles. The number of thioether (sulfide) groups is 1. The number of aromatic nitrogens is 2. The molecule has 0 saturated heterocycles. The molecule has 1 saturated carbocycles. The summed E-state index contributed by atoms with van der Waals surface area (Å²) in [5.41, 5.74) is -0.0459. The maximum Gasteiger partial charge on any atom is 0.240 e. The van der Waals surface area contributed by atoms with Crippen LogP contribution in [-0.4, -0.2) is 27.2 Å². The van der Waals surface area contributed by atoms with Gasteiger partial charge in [0.2, 0.25) is 5.89 Å². The van der Waals surface area contributed by atoms with Crippen LogP contribution in [0.5, 0.6) is 0 Å². The van der Waals surface area contributed by atoms with Crippen LogP contribution in [0.15, 0.2) is 4.52 Å². The molecule has 2 atom stereocenters. The molecular weight excluding hydrogens is 258 g/mol. The van der Waals surface area contributed by atoms with E-state index in [-0.39, 0.29) is 5.41 Å². The highest BCUT2D eigenvalue weighted by molar-refractivity contribution is 7.99. The highest BCUT2D eigenvalue weighted by atomic mass is 32.2. The SMILES string of the molecule is CCS[C@@H]1CCC[C@H]1NCc1nc(C(C)(C)C)no1. The van der Waals surface area contributed by atoms with Crippen molar-refractivity contribution in [3.8, 4) is 0 Å². The molecule has 0 unspecified atom stereocenters. The first-order valence-corrected chi connectivity index (χ1v) is 8.23. The summed E-state index contributed by atoms with van der Waals surface area (Å²) in [6.07, 6.45) is 3.91. The van der Waals surface area contributed by atoms with E-state index in [1.807, 2.05) is 0 Å². The molecular formula is C14H25N3OS. The zero-order valence-electron chi connectivity index (χ0n) is 12.4. The number of nitrogens with one attached hydrogen (secondary N) is 1. The van der Waals surface area contributed by atoms with Gasteiger partial charge in [-0.15, -0.1) is 0 Å². The van der Waals surface area contributed by atoms with Gasteiger partial charge in [0.25, 0.3) is 0 Å². The summed E-state index contributed by atoms with van der Waals surface area (Å²) in [6, 6.07) is 0.593. The Hall–Kier alpha value is -0.550. The zero-order chi connectivity index (χ0) is 13.9. The van der Waals surface area contributed by atoms with Crippen molar-refractivity contribution in [3.05, 3.63) is 11.7 Å². The number of rotatable bonds is 5. The summed E-state index contributed by atoms with van der Waals surface area (Å²) in [5.74, 6) is 2.68. The normalized spacial score (nSPS) is 24.0. The average Bonchev–Trinajstić information content (AvgIpc) is 2.94. The van der Waals surface area contributed by atoms with Crippen molar-refractivity contribution in [2.24, 2.45) is 0 Å². The maximum atomic E-state index is 5.32. The van der Waals surface area contributed by atoms with Crippen molar-refractivity contribution in [3.63, 3.8) is 0 Å². The first-order chi connectivity index (χ1) is 9.00. The summed E-state index contributed by atoms with van der Waals surface area (Å²) in [4.78, 5) is 4.47. The fourth-order valence-electron chi connectivity index (χ4n) is 2.42. The highest BCUT2D eigenvalue weighted by Gasteiger charge is 2.27. The molecule has 1 aliphatic carbocycles. The lowest BCUT2D eigenvalue weighted by Gasteiger charge is -2.19. The molecule has 19 heavy (non-hydrogen) atoms. The fourth-order valence-corrected chi connectivity index (χ4v) is 3.65. The molecule has 0 bridgehead atoms. The van der Waals surface area contributed by atoms with E-state index >= 15 is 0 Å². The molecule has 2 rings (SSSR count). The lowest BCUT2D eigenvalue weighted by Crippen LogP contribution is -2.33. The lowest BCUT2D eigenvalue weighted by molar-refractivity contribution is 0.347. The predicted octanol–water partition coefficient (Wildman–Crippen LogP) is 3.13. The van der Waals surface area contributed by atoms with Crippen molar-refractivity contribution in [2.75, 3.05) is 5.75 Å². The fraction of sp³-hybridized carbons (Fsp3) is 0.857. The molecule has 4 nitrogen and oxygen atoms in total. The van der Waals surface area contributed by atoms with Gasteiger partial charge >= 0.3 is 0 Å². The summed E-state index contributed by atoms with van der Waals surface area (Å²) in [5, 5.41) is 8.38. The first-order valence-electron chi connectivity index (χ1n) is 7.18. The van der Waals surface area contributed by atoms with Gasteiger partial charge in [0.05, 0.1) is 6.54 Å². The van der Waals surface area contributed by atoms with Crippen molar-refractivity contribution >= 4 is 11.8 Å². The summed E-state index contributed by atoms with van der Waals surface area (Å²) >= 11 is 2.06. The molecule has 108 valence electrons. The van der Waals surface area contributed by atoms with Gasteiger partial charge in [0, 0.05) is 16.7 Å². The van der Waals surface area contributed by atoms with E-state index in [1.165, 1.54) is 25.0 Å². The van der Waals surface area contributed by atoms with Crippen molar-refractivity contribution in [1.82, 2.24) is 15.5 Å². The van der Waals surface area contributed by atoms with Crippen LogP contribution >= 0.6 is 11.8 Å². The largest absolute Gasteiger partial charge is 0.338 e. The molecule has 0 radical (unpaired) electrons. The van der Waals surface area contributed by atoms with Crippen LogP contribution in [-0.2, 0) is 12.0 Å². The first kappa shape index (κ1) is 14.9. The lowest BCUT2D eigenvalue weighted by atomic mass is 9.96. The van der Waals surface area contributed by atoms with Gasteiger partial charge < -0.3 is 9.84 Å². The molecule has 1 aromatic rings. The summed E-state index contributed by atoms with van der Waals surface area (Å²) in [7, 11) is 0.